The molecule has 244 valence electrons. The number of rotatable bonds is 8. The normalized spacial score (nSPS) is 20.7. The van der Waals surface area contributed by atoms with Crippen LogP contribution < -0.4 is 20.3 Å². The molecule has 1 saturated heterocycles. The fraction of sp³-hybridized carbons (Fsp3) is 0.303. The molecule has 10 nitrogen and oxygen atoms in total. The molecular formula is C33H31F4N7O3. The minimum absolute atomic E-state index is 0.0325. The van der Waals surface area contributed by atoms with E-state index in [4.69, 9.17) is 0 Å². The van der Waals surface area contributed by atoms with Crippen molar-refractivity contribution in [3.8, 4) is 22.8 Å². The SMILES string of the molecule is Cc1ccc(C2CC2(C)F)c(N2C(=O)CN/C2=N\C(=O)NC(C)Cc2ccc(-c3ncn(-c4ccc(OC(F)(F)F)cc4)n3)cc2)c1. The molecule has 3 amide bonds. The summed E-state index contributed by atoms with van der Waals surface area (Å²) in [6, 6.07) is 17.3. The van der Waals surface area contributed by atoms with Gasteiger partial charge in [0, 0.05) is 17.5 Å². The Bertz CT molecular complexity index is 1840. The molecule has 0 spiro atoms. The highest BCUT2D eigenvalue weighted by Gasteiger charge is 2.53. The van der Waals surface area contributed by atoms with Gasteiger partial charge in [-0.3, -0.25) is 4.79 Å². The van der Waals surface area contributed by atoms with Gasteiger partial charge in [0.15, 0.2) is 5.82 Å². The predicted molar refractivity (Wildman–Crippen MR) is 166 cm³/mol. The van der Waals surface area contributed by atoms with Crippen LogP contribution >= 0.6 is 0 Å². The average Bonchev–Trinajstić information content (AvgIpc) is 3.30. The van der Waals surface area contributed by atoms with Crippen molar-refractivity contribution in [3.63, 3.8) is 0 Å². The van der Waals surface area contributed by atoms with Gasteiger partial charge in [-0.2, -0.15) is 4.99 Å². The van der Waals surface area contributed by atoms with Crippen molar-refractivity contribution in [2.45, 2.75) is 57.6 Å². The second kappa shape index (κ2) is 12.2. The molecule has 6 rings (SSSR count). The number of benzene rings is 3. The monoisotopic (exact) mass is 649 g/mol. The number of anilines is 1. The molecule has 2 heterocycles. The standard InChI is InChI=1S/C33H31F4N7O3/c1-19-4-13-25(26-16-32(26,3)34)27(14-19)44-28(45)17-38-30(44)41-31(46)40-20(2)15-21-5-7-22(8-6-21)29-39-18-43(42-29)23-9-11-24(12-10-23)47-33(35,36)37/h4-14,18,20,26H,15-17H2,1-3H3,(H2,38,40,41,46). The van der Waals surface area contributed by atoms with Crippen molar-refractivity contribution in [3.05, 3.63) is 89.7 Å². The van der Waals surface area contributed by atoms with Crippen LogP contribution in [0.1, 0.15) is 42.9 Å². The average molecular weight is 650 g/mol. The fourth-order valence-corrected chi connectivity index (χ4v) is 5.54. The van der Waals surface area contributed by atoms with Gasteiger partial charge in [0.2, 0.25) is 5.96 Å². The van der Waals surface area contributed by atoms with Crippen molar-refractivity contribution in [1.29, 1.82) is 0 Å². The molecule has 47 heavy (non-hydrogen) atoms. The highest BCUT2D eigenvalue weighted by Crippen LogP contribution is 2.56. The Labute approximate surface area is 267 Å². The van der Waals surface area contributed by atoms with E-state index in [9.17, 15) is 27.2 Å². The third kappa shape index (κ3) is 7.26. The number of alkyl halides is 4. The molecule has 0 radical (unpaired) electrons. The number of aryl methyl sites for hydroxylation is 1. The Morgan fingerprint density at radius 1 is 1.15 bits per heavy atom. The Kier molecular flexibility index (Phi) is 8.20. The van der Waals surface area contributed by atoms with E-state index < -0.39 is 18.1 Å². The van der Waals surface area contributed by atoms with Crippen LogP contribution in [0.3, 0.4) is 0 Å². The van der Waals surface area contributed by atoms with Crippen molar-refractivity contribution in [2.75, 3.05) is 11.4 Å². The van der Waals surface area contributed by atoms with Crippen molar-refractivity contribution < 1.29 is 31.9 Å². The lowest BCUT2D eigenvalue weighted by Gasteiger charge is -2.21. The maximum absolute atomic E-state index is 14.6. The zero-order valence-corrected chi connectivity index (χ0v) is 25.7. The quantitative estimate of drug-likeness (QED) is 0.227. The van der Waals surface area contributed by atoms with E-state index in [-0.39, 0.29) is 36.1 Å². The van der Waals surface area contributed by atoms with Crippen LogP contribution in [-0.2, 0) is 11.2 Å². The Hall–Kier alpha value is -5.27. The number of carbonyl (C=O) groups is 2. The number of aromatic nitrogens is 3. The van der Waals surface area contributed by atoms with Gasteiger partial charge in [-0.05, 0) is 80.6 Å². The summed E-state index contributed by atoms with van der Waals surface area (Å²) < 4.78 is 57.2. The van der Waals surface area contributed by atoms with Crippen LogP contribution in [0.4, 0.5) is 28.0 Å². The van der Waals surface area contributed by atoms with Crippen LogP contribution in [-0.4, -0.2) is 57.3 Å². The lowest BCUT2D eigenvalue weighted by Crippen LogP contribution is -2.38. The van der Waals surface area contributed by atoms with Gasteiger partial charge in [-0.15, -0.1) is 18.3 Å². The first kappa shape index (κ1) is 31.7. The number of hydrogen-bond donors (Lipinski definition) is 2. The molecule has 3 aromatic carbocycles. The number of amides is 3. The largest absolute Gasteiger partial charge is 0.573 e. The Balaban J connectivity index is 1.08. The number of hydrogen-bond acceptors (Lipinski definition) is 5. The molecule has 1 aliphatic carbocycles. The van der Waals surface area contributed by atoms with E-state index in [1.54, 1.807) is 6.92 Å². The highest BCUT2D eigenvalue weighted by atomic mass is 19.4. The molecule has 1 aliphatic heterocycles. The lowest BCUT2D eigenvalue weighted by molar-refractivity contribution is -0.274. The zero-order chi connectivity index (χ0) is 33.5. The van der Waals surface area contributed by atoms with Crippen molar-refractivity contribution >= 4 is 23.6 Å². The summed E-state index contributed by atoms with van der Waals surface area (Å²) >= 11 is 0. The first-order valence-electron chi connectivity index (χ1n) is 14.9. The zero-order valence-electron chi connectivity index (χ0n) is 25.7. The number of urea groups is 1. The second-order valence-corrected chi connectivity index (χ2v) is 11.9. The fourth-order valence-electron chi connectivity index (χ4n) is 5.54. The molecule has 1 saturated carbocycles. The molecule has 0 bridgehead atoms. The van der Waals surface area contributed by atoms with Crippen LogP contribution in [0.2, 0.25) is 0 Å². The van der Waals surface area contributed by atoms with Crippen molar-refractivity contribution in [2.24, 2.45) is 4.99 Å². The minimum atomic E-state index is -4.77. The van der Waals surface area contributed by atoms with Gasteiger partial charge in [-0.25, -0.2) is 23.8 Å². The lowest BCUT2D eigenvalue weighted by atomic mass is 10.0. The highest BCUT2D eigenvalue weighted by molar-refractivity contribution is 6.23. The maximum atomic E-state index is 14.6. The molecule has 4 aromatic rings. The summed E-state index contributed by atoms with van der Waals surface area (Å²) in [6.07, 6.45) is -2.46. The summed E-state index contributed by atoms with van der Waals surface area (Å²) in [5.74, 6) is -0.441. The predicted octanol–water partition coefficient (Wildman–Crippen LogP) is 5.99. The summed E-state index contributed by atoms with van der Waals surface area (Å²) in [4.78, 5) is 35.6. The van der Waals surface area contributed by atoms with E-state index in [2.05, 4.69) is 30.4 Å². The van der Waals surface area contributed by atoms with E-state index in [0.29, 0.717) is 35.6 Å². The second-order valence-electron chi connectivity index (χ2n) is 11.9. The molecule has 2 fully saturated rings. The number of guanidine groups is 1. The number of nitrogens with zero attached hydrogens (tertiary/aromatic N) is 5. The summed E-state index contributed by atoms with van der Waals surface area (Å²) in [6.45, 7) is 5.22. The number of halogens is 4. The number of aliphatic imine (C=N–C) groups is 1. The molecule has 14 heteroatoms. The minimum Gasteiger partial charge on any atom is -0.406 e. The maximum Gasteiger partial charge on any atom is 0.573 e. The van der Waals surface area contributed by atoms with Crippen LogP contribution in [0.15, 0.2) is 78.0 Å². The Morgan fingerprint density at radius 2 is 1.85 bits per heavy atom. The third-order valence-electron chi connectivity index (χ3n) is 7.99. The Morgan fingerprint density at radius 3 is 2.51 bits per heavy atom. The number of ether oxygens (including phenoxy) is 1. The third-order valence-corrected chi connectivity index (χ3v) is 7.99. The van der Waals surface area contributed by atoms with Crippen LogP contribution in [0.25, 0.3) is 17.1 Å². The van der Waals surface area contributed by atoms with Gasteiger partial charge < -0.3 is 15.4 Å². The van der Waals surface area contributed by atoms with Gasteiger partial charge in [-0.1, -0.05) is 36.4 Å². The van der Waals surface area contributed by atoms with E-state index in [1.807, 2.05) is 56.3 Å². The van der Waals surface area contributed by atoms with E-state index in [1.165, 1.54) is 40.2 Å². The smallest absolute Gasteiger partial charge is 0.406 e. The van der Waals surface area contributed by atoms with Crippen molar-refractivity contribution in [1.82, 2.24) is 25.4 Å². The van der Waals surface area contributed by atoms with Crippen LogP contribution in [0, 0.1) is 6.92 Å². The van der Waals surface area contributed by atoms with Gasteiger partial charge in [0.05, 0.1) is 17.9 Å². The molecule has 1 aromatic heterocycles. The molecule has 2 aliphatic rings. The number of nitrogens with one attached hydrogen (secondary N) is 2. The van der Waals surface area contributed by atoms with Gasteiger partial charge in [0.25, 0.3) is 5.91 Å². The first-order valence-corrected chi connectivity index (χ1v) is 14.9. The first-order chi connectivity index (χ1) is 22.3. The molecule has 3 atom stereocenters. The van der Waals surface area contributed by atoms with Gasteiger partial charge >= 0.3 is 12.4 Å². The molecule has 2 N–H and O–H groups in total. The summed E-state index contributed by atoms with van der Waals surface area (Å²) in [7, 11) is 0. The molecular weight excluding hydrogens is 618 g/mol. The number of carbonyl (C=O) groups excluding carboxylic acids is 2. The van der Waals surface area contributed by atoms with Gasteiger partial charge in [0.1, 0.15) is 17.7 Å². The molecule has 3 unspecified atom stereocenters. The summed E-state index contributed by atoms with van der Waals surface area (Å²) in [5, 5.41) is 10.1. The van der Waals surface area contributed by atoms with E-state index in [0.717, 1.165) is 16.7 Å². The summed E-state index contributed by atoms with van der Waals surface area (Å²) in [5.41, 5.74) is 2.94. The van der Waals surface area contributed by atoms with Crippen LogP contribution in [0.5, 0.6) is 5.75 Å². The van der Waals surface area contributed by atoms with E-state index >= 15 is 0 Å². The topological polar surface area (TPSA) is 114 Å².